The molecule has 0 amide bonds. The van der Waals surface area contributed by atoms with Crippen LogP contribution in [-0.2, 0) is 6.54 Å². The average molecular weight is 444 g/mol. The van der Waals surface area contributed by atoms with Crippen molar-refractivity contribution in [1.82, 2.24) is 24.5 Å². The fourth-order valence-electron chi connectivity index (χ4n) is 3.82. The van der Waals surface area contributed by atoms with Gasteiger partial charge in [0.2, 0.25) is 5.95 Å². The lowest BCUT2D eigenvalue weighted by Gasteiger charge is -2.13. The van der Waals surface area contributed by atoms with Crippen molar-refractivity contribution < 1.29 is 0 Å². The minimum Gasteiger partial charge on any atom is -0.364 e. The summed E-state index contributed by atoms with van der Waals surface area (Å²) in [6.45, 7) is 12.3. The van der Waals surface area contributed by atoms with Gasteiger partial charge in [-0.3, -0.25) is 4.98 Å². The number of nitrogens with one attached hydrogen (secondary N) is 2. The van der Waals surface area contributed by atoms with Crippen LogP contribution >= 0.6 is 0 Å². The fourth-order valence-corrected chi connectivity index (χ4v) is 3.82. The summed E-state index contributed by atoms with van der Waals surface area (Å²) in [6, 6.07) is 13.0. The lowest BCUT2D eigenvalue weighted by molar-refractivity contribution is 0.613. The third-order valence-electron chi connectivity index (χ3n) is 5.66. The SMILES string of the molecule is CCCNc1nc(NCc2ccc(-c3ncccc3C(C)C)cc2)c2ncn(C(C)C)c2n1. The van der Waals surface area contributed by atoms with Crippen LogP contribution in [0.4, 0.5) is 11.8 Å². The molecule has 7 nitrogen and oxygen atoms in total. The minimum atomic E-state index is 0.270. The number of hydrogen-bond acceptors (Lipinski definition) is 6. The second kappa shape index (κ2) is 9.98. The van der Waals surface area contributed by atoms with Gasteiger partial charge in [-0.25, -0.2) is 4.98 Å². The van der Waals surface area contributed by atoms with Crippen LogP contribution in [0.5, 0.6) is 0 Å². The van der Waals surface area contributed by atoms with Crippen LogP contribution < -0.4 is 10.6 Å². The van der Waals surface area contributed by atoms with E-state index in [2.05, 4.69) is 90.1 Å². The van der Waals surface area contributed by atoms with Crippen LogP contribution in [0.3, 0.4) is 0 Å². The van der Waals surface area contributed by atoms with E-state index in [0.29, 0.717) is 18.4 Å². The molecule has 0 spiro atoms. The van der Waals surface area contributed by atoms with Crippen molar-refractivity contribution in [2.24, 2.45) is 0 Å². The number of aromatic nitrogens is 5. The summed E-state index contributed by atoms with van der Waals surface area (Å²) in [7, 11) is 0. The van der Waals surface area contributed by atoms with E-state index in [0.717, 1.165) is 41.2 Å². The molecule has 1 aromatic carbocycles. The molecule has 0 atom stereocenters. The Morgan fingerprint density at radius 3 is 2.42 bits per heavy atom. The van der Waals surface area contributed by atoms with Crippen molar-refractivity contribution in [3.05, 3.63) is 60.0 Å². The standard InChI is InChI=1S/C26H33N7/c1-6-13-28-26-31-24(23-25(32-26)33(16-30-23)18(4)5)29-15-19-9-11-20(12-10-19)22-21(17(2)3)8-7-14-27-22/h7-12,14,16-18H,6,13,15H2,1-5H3,(H2,28,29,31,32). The van der Waals surface area contributed by atoms with E-state index in [1.807, 2.05) is 18.6 Å². The van der Waals surface area contributed by atoms with E-state index in [-0.39, 0.29) is 6.04 Å². The maximum Gasteiger partial charge on any atom is 0.226 e. The van der Waals surface area contributed by atoms with Gasteiger partial charge in [0.15, 0.2) is 17.0 Å². The molecule has 2 N–H and O–H groups in total. The molecule has 0 radical (unpaired) electrons. The van der Waals surface area contributed by atoms with Gasteiger partial charge in [-0.2, -0.15) is 9.97 Å². The van der Waals surface area contributed by atoms with Gasteiger partial charge in [0.1, 0.15) is 0 Å². The van der Waals surface area contributed by atoms with Crippen molar-refractivity contribution in [3.63, 3.8) is 0 Å². The van der Waals surface area contributed by atoms with E-state index in [9.17, 15) is 0 Å². The van der Waals surface area contributed by atoms with Gasteiger partial charge in [-0.05, 0) is 43.4 Å². The first-order chi connectivity index (χ1) is 16.0. The van der Waals surface area contributed by atoms with Gasteiger partial charge in [-0.15, -0.1) is 0 Å². The predicted molar refractivity (Wildman–Crippen MR) is 136 cm³/mol. The van der Waals surface area contributed by atoms with Crippen molar-refractivity contribution in [2.45, 2.75) is 59.5 Å². The van der Waals surface area contributed by atoms with Crippen LogP contribution in [0.25, 0.3) is 22.4 Å². The molecular weight excluding hydrogens is 410 g/mol. The molecule has 0 aliphatic rings. The molecule has 172 valence electrons. The molecule has 0 aliphatic carbocycles. The Morgan fingerprint density at radius 2 is 1.73 bits per heavy atom. The highest BCUT2D eigenvalue weighted by molar-refractivity contribution is 5.84. The molecular formula is C26H33N7. The van der Waals surface area contributed by atoms with Gasteiger partial charge < -0.3 is 15.2 Å². The van der Waals surface area contributed by atoms with Gasteiger partial charge >= 0.3 is 0 Å². The summed E-state index contributed by atoms with van der Waals surface area (Å²) in [5.41, 5.74) is 6.24. The summed E-state index contributed by atoms with van der Waals surface area (Å²) in [4.78, 5) is 18.6. The summed E-state index contributed by atoms with van der Waals surface area (Å²) in [5, 5.41) is 6.79. The lowest BCUT2D eigenvalue weighted by atomic mass is 9.97. The molecule has 0 fully saturated rings. The zero-order valence-electron chi connectivity index (χ0n) is 20.1. The smallest absolute Gasteiger partial charge is 0.226 e. The molecule has 0 unspecified atom stereocenters. The van der Waals surface area contributed by atoms with Crippen LogP contribution in [-0.4, -0.2) is 31.0 Å². The van der Waals surface area contributed by atoms with Gasteiger partial charge in [0.05, 0.1) is 12.0 Å². The number of hydrogen-bond donors (Lipinski definition) is 2. The molecule has 4 rings (SSSR count). The van der Waals surface area contributed by atoms with Crippen molar-refractivity contribution in [1.29, 1.82) is 0 Å². The minimum absolute atomic E-state index is 0.270. The summed E-state index contributed by atoms with van der Waals surface area (Å²) in [5.74, 6) is 1.80. The Balaban J connectivity index is 1.57. The zero-order chi connectivity index (χ0) is 23.4. The summed E-state index contributed by atoms with van der Waals surface area (Å²) < 4.78 is 2.08. The highest BCUT2D eigenvalue weighted by Gasteiger charge is 2.15. The molecule has 33 heavy (non-hydrogen) atoms. The monoisotopic (exact) mass is 443 g/mol. The second-order valence-electron chi connectivity index (χ2n) is 8.89. The first kappa shape index (κ1) is 22.7. The van der Waals surface area contributed by atoms with Gasteiger partial charge in [-0.1, -0.05) is 51.1 Å². The second-order valence-corrected chi connectivity index (χ2v) is 8.89. The Morgan fingerprint density at radius 1 is 0.939 bits per heavy atom. The maximum atomic E-state index is 4.71. The molecule has 3 aromatic heterocycles. The van der Waals surface area contributed by atoms with Crippen LogP contribution in [0.2, 0.25) is 0 Å². The number of imidazole rings is 1. The number of fused-ring (bicyclic) bond motifs is 1. The quantitative estimate of drug-likeness (QED) is 0.329. The number of nitrogens with zero attached hydrogens (tertiary/aromatic N) is 5. The molecule has 0 saturated carbocycles. The van der Waals surface area contributed by atoms with E-state index < -0.39 is 0 Å². The zero-order valence-corrected chi connectivity index (χ0v) is 20.1. The Hall–Kier alpha value is -3.48. The predicted octanol–water partition coefficient (Wildman–Crippen LogP) is 6.03. The van der Waals surface area contributed by atoms with Crippen LogP contribution in [0.15, 0.2) is 48.9 Å². The topological polar surface area (TPSA) is 80.5 Å². The fraction of sp³-hybridized carbons (Fsp3) is 0.385. The van der Waals surface area contributed by atoms with Crippen molar-refractivity contribution in [3.8, 4) is 11.3 Å². The Bertz CT molecular complexity index is 1210. The number of benzene rings is 1. The lowest BCUT2D eigenvalue weighted by Crippen LogP contribution is -2.10. The van der Waals surface area contributed by atoms with Gasteiger partial charge in [0.25, 0.3) is 0 Å². The highest BCUT2D eigenvalue weighted by Crippen LogP contribution is 2.28. The van der Waals surface area contributed by atoms with E-state index in [1.54, 1.807) is 0 Å². The molecule has 7 heteroatoms. The summed E-state index contributed by atoms with van der Waals surface area (Å²) >= 11 is 0. The number of anilines is 2. The number of rotatable bonds is 9. The Kier molecular flexibility index (Phi) is 6.87. The normalized spacial score (nSPS) is 11.5. The average Bonchev–Trinajstić information content (AvgIpc) is 3.26. The van der Waals surface area contributed by atoms with E-state index >= 15 is 0 Å². The molecule has 0 bridgehead atoms. The first-order valence-corrected chi connectivity index (χ1v) is 11.7. The molecule has 3 heterocycles. The van der Waals surface area contributed by atoms with E-state index in [1.165, 1.54) is 11.1 Å². The number of pyridine rings is 1. The van der Waals surface area contributed by atoms with Crippen LogP contribution in [0, 0.1) is 0 Å². The largest absolute Gasteiger partial charge is 0.364 e. The third kappa shape index (κ3) is 4.97. The first-order valence-electron chi connectivity index (χ1n) is 11.7. The molecule has 0 saturated heterocycles. The maximum absolute atomic E-state index is 4.71. The summed E-state index contributed by atoms with van der Waals surface area (Å²) in [6.07, 6.45) is 4.71. The van der Waals surface area contributed by atoms with E-state index in [4.69, 9.17) is 9.97 Å². The van der Waals surface area contributed by atoms with Crippen LogP contribution in [0.1, 0.15) is 64.1 Å². The molecule has 0 aliphatic heterocycles. The van der Waals surface area contributed by atoms with Crippen molar-refractivity contribution >= 4 is 22.9 Å². The Labute approximate surface area is 195 Å². The third-order valence-corrected chi connectivity index (χ3v) is 5.66. The van der Waals surface area contributed by atoms with Crippen molar-refractivity contribution in [2.75, 3.05) is 17.2 Å². The molecule has 4 aromatic rings. The van der Waals surface area contributed by atoms with Gasteiger partial charge in [0, 0.05) is 30.9 Å². The highest BCUT2D eigenvalue weighted by atomic mass is 15.2.